The van der Waals surface area contributed by atoms with Gasteiger partial charge in [0.25, 0.3) is 0 Å². The van der Waals surface area contributed by atoms with Gasteiger partial charge in [-0.2, -0.15) is 0 Å². The molecule has 3 aliphatic rings. The summed E-state index contributed by atoms with van der Waals surface area (Å²) >= 11 is 0. The molecule has 0 bridgehead atoms. The van der Waals surface area contributed by atoms with Gasteiger partial charge in [0.2, 0.25) is 11.8 Å². The van der Waals surface area contributed by atoms with E-state index < -0.39 is 0 Å². The molecule has 1 aliphatic carbocycles. The summed E-state index contributed by atoms with van der Waals surface area (Å²) in [7, 11) is 0. The number of carbonyl (C=O) groups is 2. The van der Waals surface area contributed by atoms with E-state index in [4.69, 9.17) is 0 Å². The molecule has 0 aromatic heterocycles. The van der Waals surface area contributed by atoms with E-state index in [1.807, 2.05) is 11.0 Å². The predicted octanol–water partition coefficient (Wildman–Crippen LogP) is 2.55. The summed E-state index contributed by atoms with van der Waals surface area (Å²) < 4.78 is 0. The molecule has 3 fully saturated rings. The Kier molecular flexibility index (Phi) is 5.77. The second-order valence-corrected chi connectivity index (χ2v) is 8.37. The van der Waals surface area contributed by atoms with Gasteiger partial charge in [-0.25, -0.2) is 0 Å². The van der Waals surface area contributed by atoms with Crippen molar-refractivity contribution in [1.82, 2.24) is 15.1 Å². The zero-order chi connectivity index (χ0) is 18.6. The van der Waals surface area contributed by atoms with E-state index in [2.05, 4.69) is 28.4 Å². The first-order valence-corrected chi connectivity index (χ1v) is 10.6. The number of hydrogen-bond donors (Lipinski definition) is 1. The Bertz CT molecular complexity index is 680. The van der Waals surface area contributed by atoms with E-state index in [9.17, 15) is 9.59 Å². The fourth-order valence-corrected chi connectivity index (χ4v) is 4.37. The topological polar surface area (TPSA) is 52.7 Å². The third-order valence-electron chi connectivity index (χ3n) is 6.19. The van der Waals surface area contributed by atoms with Gasteiger partial charge in [-0.1, -0.05) is 24.3 Å². The van der Waals surface area contributed by atoms with Gasteiger partial charge in [-0.05, 0) is 62.7 Å². The van der Waals surface area contributed by atoms with Crippen LogP contribution in [0, 0.1) is 11.8 Å². The highest BCUT2D eigenvalue weighted by Crippen LogP contribution is 2.32. The standard InChI is InChI=1S/C22H31N3O2/c26-21(20-8-5-13-25(16-20)22(27)17-9-10-17)23-14-18-6-1-2-7-19(18)15-24-11-3-4-12-24/h1-2,6-7,17,20H,3-5,8-16H2,(H,23,26). The average Bonchev–Trinajstić information content (AvgIpc) is 3.43. The van der Waals surface area contributed by atoms with Crippen LogP contribution >= 0.6 is 0 Å². The van der Waals surface area contributed by atoms with Crippen molar-refractivity contribution in [2.45, 2.75) is 51.6 Å². The summed E-state index contributed by atoms with van der Waals surface area (Å²) in [5.41, 5.74) is 2.52. The van der Waals surface area contributed by atoms with Gasteiger partial charge < -0.3 is 10.2 Å². The third-order valence-corrected chi connectivity index (χ3v) is 6.19. The van der Waals surface area contributed by atoms with E-state index in [1.165, 1.54) is 37.1 Å². The maximum Gasteiger partial charge on any atom is 0.225 e. The highest BCUT2D eigenvalue weighted by atomic mass is 16.2. The summed E-state index contributed by atoms with van der Waals surface area (Å²) in [4.78, 5) is 29.4. The zero-order valence-electron chi connectivity index (χ0n) is 16.2. The number of piperidine rings is 1. The molecule has 27 heavy (non-hydrogen) atoms. The number of nitrogens with one attached hydrogen (secondary N) is 1. The molecule has 0 spiro atoms. The molecule has 5 nitrogen and oxygen atoms in total. The number of rotatable bonds is 6. The Balaban J connectivity index is 1.31. The van der Waals surface area contributed by atoms with Crippen LogP contribution < -0.4 is 5.32 Å². The van der Waals surface area contributed by atoms with Crippen molar-refractivity contribution in [3.63, 3.8) is 0 Å². The van der Waals surface area contributed by atoms with Gasteiger partial charge in [-0.3, -0.25) is 14.5 Å². The van der Waals surface area contributed by atoms with Gasteiger partial charge in [-0.15, -0.1) is 0 Å². The quantitative estimate of drug-likeness (QED) is 0.838. The van der Waals surface area contributed by atoms with Crippen LogP contribution in [0.1, 0.15) is 49.7 Å². The second kappa shape index (κ2) is 8.42. The first-order valence-electron chi connectivity index (χ1n) is 10.6. The number of benzene rings is 1. The number of nitrogens with zero attached hydrogens (tertiary/aromatic N) is 2. The number of carbonyl (C=O) groups excluding carboxylic acids is 2. The van der Waals surface area contributed by atoms with Crippen molar-refractivity contribution < 1.29 is 9.59 Å². The molecule has 1 saturated carbocycles. The minimum Gasteiger partial charge on any atom is -0.352 e. The molecule has 1 aromatic rings. The first kappa shape index (κ1) is 18.5. The van der Waals surface area contributed by atoms with Crippen LogP contribution in [0.15, 0.2) is 24.3 Å². The molecular weight excluding hydrogens is 338 g/mol. The molecule has 146 valence electrons. The second-order valence-electron chi connectivity index (χ2n) is 8.37. The Labute approximate surface area is 162 Å². The van der Waals surface area contributed by atoms with Crippen LogP contribution in [0.5, 0.6) is 0 Å². The Morgan fingerprint density at radius 1 is 0.926 bits per heavy atom. The van der Waals surface area contributed by atoms with Crippen molar-refractivity contribution in [2.75, 3.05) is 26.2 Å². The van der Waals surface area contributed by atoms with E-state index in [0.717, 1.165) is 38.8 Å². The van der Waals surface area contributed by atoms with Crippen LogP contribution in [-0.4, -0.2) is 47.8 Å². The van der Waals surface area contributed by atoms with E-state index in [0.29, 0.717) is 13.1 Å². The van der Waals surface area contributed by atoms with Crippen molar-refractivity contribution in [3.8, 4) is 0 Å². The first-order chi connectivity index (χ1) is 13.2. The maximum absolute atomic E-state index is 12.7. The SMILES string of the molecule is O=C(NCc1ccccc1CN1CCCC1)C1CCCN(C(=O)C2CC2)C1. The van der Waals surface area contributed by atoms with Gasteiger partial charge in [0.1, 0.15) is 0 Å². The predicted molar refractivity (Wildman–Crippen MR) is 105 cm³/mol. The lowest BCUT2D eigenvalue weighted by Crippen LogP contribution is -2.45. The minimum absolute atomic E-state index is 0.0628. The summed E-state index contributed by atoms with van der Waals surface area (Å²) in [6, 6.07) is 8.43. The van der Waals surface area contributed by atoms with Crippen molar-refractivity contribution in [1.29, 1.82) is 0 Å². The lowest BCUT2D eigenvalue weighted by molar-refractivity contribution is -0.136. The van der Waals surface area contributed by atoms with Crippen LogP contribution in [0.4, 0.5) is 0 Å². The zero-order valence-corrected chi connectivity index (χ0v) is 16.2. The largest absolute Gasteiger partial charge is 0.352 e. The van der Waals surface area contributed by atoms with E-state index in [-0.39, 0.29) is 23.7 Å². The monoisotopic (exact) mass is 369 g/mol. The Hall–Kier alpha value is -1.88. The molecular formula is C22H31N3O2. The highest BCUT2D eigenvalue weighted by Gasteiger charge is 2.36. The van der Waals surface area contributed by atoms with Crippen molar-refractivity contribution in [3.05, 3.63) is 35.4 Å². The van der Waals surface area contributed by atoms with Gasteiger partial charge in [0, 0.05) is 32.1 Å². The van der Waals surface area contributed by atoms with Gasteiger partial charge in [0.05, 0.1) is 5.92 Å². The maximum atomic E-state index is 12.7. The number of hydrogen-bond acceptors (Lipinski definition) is 3. The smallest absolute Gasteiger partial charge is 0.225 e. The summed E-state index contributed by atoms with van der Waals surface area (Å²) in [5, 5.41) is 3.14. The molecule has 0 radical (unpaired) electrons. The molecule has 2 heterocycles. The summed E-state index contributed by atoms with van der Waals surface area (Å²) in [6.07, 6.45) is 6.45. The number of likely N-dealkylation sites (tertiary alicyclic amines) is 2. The van der Waals surface area contributed by atoms with E-state index in [1.54, 1.807) is 0 Å². The summed E-state index contributed by atoms with van der Waals surface area (Å²) in [5.74, 6) is 0.541. The lowest BCUT2D eigenvalue weighted by atomic mass is 9.96. The fourth-order valence-electron chi connectivity index (χ4n) is 4.37. The van der Waals surface area contributed by atoms with Gasteiger partial charge >= 0.3 is 0 Å². The van der Waals surface area contributed by atoms with Gasteiger partial charge in [0.15, 0.2) is 0 Å². The van der Waals surface area contributed by atoms with E-state index >= 15 is 0 Å². The van der Waals surface area contributed by atoms with Crippen LogP contribution in [0.2, 0.25) is 0 Å². The number of amides is 2. The molecule has 1 N–H and O–H groups in total. The molecule has 4 rings (SSSR count). The third kappa shape index (κ3) is 4.70. The van der Waals surface area contributed by atoms with Crippen LogP contribution in [0.3, 0.4) is 0 Å². The molecule has 2 amide bonds. The normalized spacial score (nSPS) is 23.4. The highest BCUT2D eigenvalue weighted by molar-refractivity contribution is 5.83. The average molecular weight is 370 g/mol. The molecule has 5 heteroatoms. The van der Waals surface area contributed by atoms with Crippen molar-refractivity contribution in [2.24, 2.45) is 11.8 Å². The molecule has 1 unspecified atom stereocenters. The molecule has 2 aliphatic heterocycles. The molecule has 2 saturated heterocycles. The van der Waals surface area contributed by atoms with Crippen LogP contribution in [-0.2, 0) is 22.7 Å². The van der Waals surface area contributed by atoms with Crippen molar-refractivity contribution >= 4 is 11.8 Å². The minimum atomic E-state index is -0.0628. The molecule has 1 atom stereocenters. The Morgan fingerprint density at radius 2 is 1.67 bits per heavy atom. The summed E-state index contributed by atoms with van der Waals surface area (Å²) in [6.45, 7) is 5.31. The fraction of sp³-hybridized carbons (Fsp3) is 0.636. The Morgan fingerprint density at radius 3 is 2.41 bits per heavy atom. The van der Waals surface area contributed by atoms with Crippen LogP contribution in [0.25, 0.3) is 0 Å². The molecule has 1 aromatic carbocycles. The lowest BCUT2D eigenvalue weighted by Gasteiger charge is -2.32.